The third-order valence-corrected chi connectivity index (χ3v) is 7.24. The molecule has 2 aromatic heterocycles. The number of nitrogens with zero attached hydrogens (tertiary/aromatic N) is 4. The van der Waals surface area contributed by atoms with Crippen molar-refractivity contribution in [1.82, 2.24) is 9.97 Å². The fraction of sp³-hybridized carbons (Fsp3) is 0.565. The number of anilines is 2. The third kappa shape index (κ3) is 3.92. The Kier molecular flexibility index (Phi) is 5.28. The van der Waals surface area contributed by atoms with Crippen LogP contribution in [-0.4, -0.2) is 52.5 Å². The highest BCUT2D eigenvalue weighted by atomic mass is 19.4. The second-order valence-electron chi connectivity index (χ2n) is 9.52. The van der Waals surface area contributed by atoms with Gasteiger partial charge in [-0.15, -0.1) is 0 Å². The van der Waals surface area contributed by atoms with Gasteiger partial charge >= 0.3 is 6.18 Å². The Morgan fingerprint density at radius 1 is 1.03 bits per heavy atom. The molecule has 172 valence electrons. The molecule has 32 heavy (non-hydrogen) atoms. The molecule has 2 aromatic rings. The molecule has 1 atom stereocenters. The number of halogens is 3. The quantitative estimate of drug-likeness (QED) is 0.747. The summed E-state index contributed by atoms with van der Waals surface area (Å²) >= 11 is 0. The molecule has 1 unspecified atom stereocenters. The van der Waals surface area contributed by atoms with Crippen molar-refractivity contribution in [1.29, 1.82) is 0 Å². The standard InChI is InChI=1S/C23H27F3N4O2/c24-23(25,26)20-2-1-16(11-28-20)30-13-22(14-30)9-15(10-22)21(32)18-12-27-6-3-19(18)29-7-4-17(31)5-8-29/h1-3,6,11-12,15,17,21,31-32H,4-5,7-10,13-14H2. The number of aliphatic hydroxyl groups excluding tert-OH is 2. The minimum atomic E-state index is -4.43. The van der Waals surface area contributed by atoms with E-state index in [9.17, 15) is 23.4 Å². The van der Waals surface area contributed by atoms with E-state index in [1.54, 1.807) is 12.4 Å². The fourth-order valence-corrected chi connectivity index (χ4v) is 5.50. The lowest BCUT2D eigenvalue weighted by atomic mass is 9.55. The topological polar surface area (TPSA) is 72.7 Å². The fourth-order valence-electron chi connectivity index (χ4n) is 5.50. The van der Waals surface area contributed by atoms with Crippen molar-refractivity contribution in [2.24, 2.45) is 11.3 Å². The first-order chi connectivity index (χ1) is 15.2. The highest BCUT2D eigenvalue weighted by molar-refractivity contribution is 5.54. The van der Waals surface area contributed by atoms with Crippen LogP contribution in [0.4, 0.5) is 24.5 Å². The van der Waals surface area contributed by atoms with E-state index in [0.717, 1.165) is 69.2 Å². The maximum Gasteiger partial charge on any atom is 0.433 e. The Morgan fingerprint density at radius 3 is 2.38 bits per heavy atom. The first-order valence-electron chi connectivity index (χ1n) is 11.1. The summed E-state index contributed by atoms with van der Waals surface area (Å²) < 4.78 is 38.1. The molecule has 0 amide bonds. The maximum absolute atomic E-state index is 12.7. The normalized spacial score (nSPS) is 22.5. The van der Waals surface area contributed by atoms with Gasteiger partial charge in [0.15, 0.2) is 0 Å². The van der Waals surface area contributed by atoms with E-state index < -0.39 is 18.0 Å². The summed E-state index contributed by atoms with van der Waals surface area (Å²) in [5.41, 5.74) is 1.78. The molecular weight excluding hydrogens is 421 g/mol. The van der Waals surface area contributed by atoms with Crippen molar-refractivity contribution in [3.8, 4) is 0 Å². The van der Waals surface area contributed by atoms with Gasteiger partial charge in [-0.1, -0.05) is 0 Å². The molecule has 2 N–H and O–H groups in total. The predicted molar refractivity (Wildman–Crippen MR) is 113 cm³/mol. The van der Waals surface area contributed by atoms with Crippen LogP contribution in [0.25, 0.3) is 0 Å². The van der Waals surface area contributed by atoms with Gasteiger partial charge in [0.2, 0.25) is 0 Å². The Bertz CT molecular complexity index is 946. The summed E-state index contributed by atoms with van der Waals surface area (Å²) in [4.78, 5) is 12.0. The van der Waals surface area contributed by atoms with Crippen LogP contribution in [0.1, 0.15) is 43.0 Å². The van der Waals surface area contributed by atoms with E-state index in [1.165, 1.54) is 12.3 Å². The SMILES string of the molecule is OC1CCN(c2ccncc2C(O)C2CC3(C2)CN(c2ccc(C(F)(F)F)nc2)C3)CC1. The van der Waals surface area contributed by atoms with Crippen LogP contribution in [0.3, 0.4) is 0 Å². The van der Waals surface area contributed by atoms with Gasteiger partial charge < -0.3 is 20.0 Å². The van der Waals surface area contributed by atoms with E-state index >= 15 is 0 Å². The summed E-state index contributed by atoms with van der Waals surface area (Å²) in [5.74, 6) is 0.140. The molecule has 4 heterocycles. The zero-order valence-electron chi connectivity index (χ0n) is 17.7. The molecule has 6 nitrogen and oxygen atoms in total. The zero-order valence-corrected chi connectivity index (χ0v) is 17.7. The molecule has 2 saturated heterocycles. The maximum atomic E-state index is 12.7. The van der Waals surface area contributed by atoms with E-state index in [-0.39, 0.29) is 17.4 Å². The molecule has 0 bridgehead atoms. The number of piperidine rings is 1. The third-order valence-electron chi connectivity index (χ3n) is 7.24. The van der Waals surface area contributed by atoms with E-state index in [4.69, 9.17) is 0 Å². The highest BCUT2D eigenvalue weighted by Crippen LogP contribution is 2.57. The molecule has 5 rings (SSSR count). The molecular formula is C23H27F3N4O2. The van der Waals surface area contributed by atoms with Gasteiger partial charge in [0.25, 0.3) is 0 Å². The van der Waals surface area contributed by atoms with Crippen LogP contribution < -0.4 is 9.80 Å². The smallest absolute Gasteiger partial charge is 0.393 e. The summed E-state index contributed by atoms with van der Waals surface area (Å²) in [7, 11) is 0. The van der Waals surface area contributed by atoms with Gasteiger partial charge in [-0.2, -0.15) is 13.2 Å². The number of alkyl halides is 3. The van der Waals surface area contributed by atoms with E-state index in [0.29, 0.717) is 5.69 Å². The van der Waals surface area contributed by atoms with E-state index in [2.05, 4.69) is 14.9 Å². The second kappa shape index (κ2) is 7.88. The van der Waals surface area contributed by atoms with Crippen LogP contribution in [-0.2, 0) is 6.18 Å². The van der Waals surface area contributed by atoms with Crippen molar-refractivity contribution >= 4 is 11.4 Å². The number of hydrogen-bond acceptors (Lipinski definition) is 6. The van der Waals surface area contributed by atoms with Crippen molar-refractivity contribution < 1.29 is 23.4 Å². The van der Waals surface area contributed by atoms with Crippen LogP contribution in [0.2, 0.25) is 0 Å². The average Bonchev–Trinajstić information content (AvgIpc) is 2.72. The number of pyridine rings is 2. The summed E-state index contributed by atoms with van der Waals surface area (Å²) in [6, 6.07) is 4.44. The number of hydrogen-bond donors (Lipinski definition) is 2. The van der Waals surface area contributed by atoms with E-state index in [1.807, 2.05) is 11.0 Å². The molecule has 1 spiro atoms. The summed E-state index contributed by atoms with van der Waals surface area (Å²) in [6.07, 6.45) is 2.70. The first-order valence-corrected chi connectivity index (χ1v) is 11.1. The largest absolute Gasteiger partial charge is 0.433 e. The Labute approximate surface area is 184 Å². The number of aromatic nitrogens is 2. The highest BCUT2D eigenvalue weighted by Gasteiger charge is 2.54. The molecule has 3 fully saturated rings. The minimum Gasteiger partial charge on any atom is -0.393 e. The molecule has 1 aliphatic carbocycles. The lowest BCUT2D eigenvalue weighted by molar-refractivity contribution is -0.141. The zero-order chi connectivity index (χ0) is 22.5. The summed E-state index contributed by atoms with van der Waals surface area (Å²) in [5, 5.41) is 20.9. The first kappa shape index (κ1) is 21.5. The predicted octanol–water partition coefficient (Wildman–Crippen LogP) is 3.41. The van der Waals surface area contributed by atoms with Gasteiger partial charge in [0.1, 0.15) is 5.69 Å². The van der Waals surface area contributed by atoms with Gasteiger partial charge in [0.05, 0.1) is 24.1 Å². The van der Waals surface area contributed by atoms with Crippen LogP contribution in [0, 0.1) is 11.3 Å². The average molecular weight is 448 g/mol. The Balaban J connectivity index is 1.19. The van der Waals surface area contributed by atoms with Crippen LogP contribution in [0.15, 0.2) is 36.8 Å². The molecule has 0 radical (unpaired) electrons. The van der Waals surface area contributed by atoms with Crippen LogP contribution >= 0.6 is 0 Å². The molecule has 1 saturated carbocycles. The van der Waals surface area contributed by atoms with Gasteiger partial charge in [-0.05, 0) is 49.8 Å². The van der Waals surface area contributed by atoms with Crippen molar-refractivity contribution in [2.75, 3.05) is 36.0 Å². The van der Waals surface area contributed by atoms with Crippen molar-refractivity contribution in [2.45, 2.75) is 44.1 Å². The monoisotopic (exact) mass is 448 g/mol. The molecule has 2 aliphatic heterocycles. The lowest BCUT2D eigenvalue weighted by Crippen LogP contribution is -2.63. The van der Waals surface area contributed by atoms with Gasteiger partial charge in [0, 0.05) is 55.2 Å². The van der Waals surface area contributed by atoms with Crippen molar-refractivity contribution in [3.63, 3.8) is 0 Å². The van der Waals surface area contributed by atoms with Crippen molar-refractivity contribution in [3.05, 3.63) is 48.0 Å². The van der Waals surface area contributed by atoms with Gasteiger partial charge in [-0.3, -0.25) is 4.98 Å². The Hall–Kier alpha value is -2.39. The second-order valence-corrected chi connectivity index (χ2v) is 9.52. The minimum absolute atomic E-state index is 0.117. The van der Waals surface area contributed by atoms with Crippen LogP contribution in [0.5, 0.6) is 0 Å². The summed E-state index contributed by atoms with van der Waals surface area (Å²) in [6.45, 7) is 3.06. The lowest BCUT2D eigenvalue weighted by Gasteiger charge is -2.60. The number of rotatable bonds is 4. The molecule has 0 aromatic carbocycles. The number of aliphatic hydroxyl groups is 2. The molecule has 3 aliphatic rings. The van der Waals surface area contributed by atoms with Gasteiger partial charge in [-0.25, -0.2) is 4.98 Å². The Morgan fingerprint density at radius 2 is 1.75 bits per heavy atom. The molecule has 9 heteroatoms.